The molecule has 0 aliphatic carbocycles. The summed E-state index contributed by atoms with van der Waals surface area (Å²) in [6.45, 7) is 11.3. The Bertz CT molecular complexity index is 814. The van der Waals surface area contributed by atoms with Gasteiger partial charge < -0.3 is 5.11 Å². The van der Waals surface area contributed by atoms with Gasteiger partial charge in [-0.15, -0.1) is 0 Å². The second kappa shape index (κ2) is 31.7. The molecule has 1 aromatic carbocycles. The molecule has 1 N–H and O–H groups in total. The lowest BCUT2D eigenvalue weighted by Crippen LogP contribution is -2.13. The number of phenols is 1. The minimum atomic E-state index is -0.0343. The summed E-state index contributed by atoms with van der Waals surface area (Å²) in [6, 6.07) is 4.59. The van der Waals surface area contributed by atoms with Crippen molar-refractivity contribution in [2.24, 2.45) is 0 Å². The maximum absolute atomic E-state index is 11.2. The number of thioether (sulfide) groups is 2. The van der Waals surface area contributed by atoms with Crippen LogP contribution in [0.25, 0.3) is 0 Å². The van der Waals surface area contributed by atoms with Crippen molar-refractivity contribution in [3.63, 3.8) is 0 Å². The predicted octanol–water partition coefficient (Wildman–Crippen LogP) is 16.1. The summed E-state index contributed by atoms with van der Waals surface area (Å²) < 4.78 is 0. The first-order chi connectivity index (χ1) is 22.9. The maximum Gasteiger partial charge on any atom is 0.123 e. The van der Waals surface area contributed by atoms with Crippen LogP contribution in [0.5, 0.6) is 5.75 Å². The highest BCUT2D eigenvalue weighted by molar-refractivity contribution is 7.98. The third-order valence-electron chi connectivity index (χ3n) is 9.87. The molecule has 1 nitrogen and oxygen atoms in total. The minimum absolute atomic E-state index is 0.0343. The van der Waals surface area contributed by atoms with E-state index < -0.39 is 0 Å². The van der Waals surface area contributed by atoms with Crippen molar-refractivity contribution in [2.45, 2.75) is 231 Å². The normalized spacial score (nSPS) is 11.9. The van der Waals surface area contributed by atoms with Gasteiger partial charge in [-0.1, -0.05) is 214 Å². The van der Waals surface area contributed by atoms with Gasteiger partial charge in [0.25, 0.3) is 0 Å². The Morgan fingerprint density at radius 1 is 0.447 bits per heavy atom. The molecule has 0 amide bonds. The van der Waals surface area contributed by atoms with Crippen LogP contribution in [0.3, 0.4) is 0 Å². The van der Waals surface area contributed by atoms with Gasteiger partial charge in [0.15, 0.2) is 0 Å². The summed E-state index contributed by atoms with van der Waals surface area (Å²) >= 11 is 4.10. The average molecular weight is 691 g/mol. The van der Waals surface area contributed by atoms with E-state index in [0.29, 0.717) is 5.75 Å². The Balaban J connectivity index is 2.16. The van der Waals surface area contributed by atoms with Crippen LogP contribution in [-0.2, 0) is 16.9 Å². The molecule has 0 bridgehead atoms. The lowest BCUT2D eigenvalue weighted by Gasteiger charge is -2.23. The van der Waals surface area contributed by atoms with Crippen LogP contribution in [0.1, 0.15) is 231 Å². The summed E-state index contributed by atoms with van der Waals surface area (Å²) in [5.74, 6) is 5.02. The fourth-order valence-electron chi connectivity index (χ4n) is 6.70. The monoisotopic (exact) mass is 691 g/mol. The Hall–Kier alpha value is -0.280. The van der Waals surface area contributed by atoms with Crippen LogP contribution in [0.2, 0.25) is 0 Å². The van der Waals surface area contributed by atoms with Crippen molar-refractivity contribution in [1.82, 2.24) is 0 Å². The van der Waals surface area contributed by atoms with Gasteiger partial charge in [-0.25, -0.2) is 0 Å². The first-order valence-electron chi connectivity index (χ1n) is 20.9. The summed E-state index contributed by atoms with van der Waals surface area (Å²) in [5.41, 5.74) is 3.64. The molecule has 0 aliphatic rings. The number of aromatic hydroxyl groups is 1. The zero-order chi connectivity index (χ0) is 34.3. The van der Waals surface area contributed by atoms with Crippen LogP contribution in [0.15, 0.2) is 12.1 Å². The number of hydrogen-bond acceptors (Lipinski definition) is 3. The highest BCUT2D eigenvalue weighted by Gasteiger charge is 2.21. The molecular formula is C44H82OS2. The van der Waals surface area contributed by atoms with Crippen molar-refractivity contribution in [3.8, 4) is 5.75 Å². The summed E-state index contributed by atoms with van der Waals surface area (Å²) in [5, 5.41) is 11.2. The van der Waals surface area contributed by atoms with Gasteiger partial charge >= 0.3 is 0 Å². The second-order valence-corrected chi connectivity index (χ2v) is 17.9. The molecule has 276 valence electrons. The number of phenolic OH excluding ortho intramolecular Hbond substituents is 1. The first kappa shape index (κ1) is 44.7. The molecular weight excluding hydrogens is 609 g/mol. The highest BCUT2D eigenvalue weighted by atomic mass is 32.2. The highest BCUT2D eigenvalue weighted by Crippen LogP contribution is 2.37. The van der Waals surface area contributed by atoms with Gasteiger partial charge in [-0.05, 0) is 40.9 Å². The van der Waals surface area contributed by atoms with E-state index in [0.717, 1.165) is 22.6 Å². The molecule has 1 aromatic rings. The van der Waals surface area contributed by atoms with E-state index in [9.17, 15) is 5.11 Å². The Labute approximate surface area is 304 Å². The Morgan fingerprint density at radius 3 is 1.11 bits per heavy atom. The molecule has 0 aliphatic heterocycles. The Kier molecular flexibility index (Phi) is 30.2. The zero-order valence-corrected chi connectivity index (χ0v) is 34.2. The summed E-state index contributed by atoms with van der Waals surface area (Å²) in [6.07, 6.45) is 39.8. The van der Waals surface area contributed by atoms with E-state index in [4.69, 9.17) is 0 Å². The summed E-state index contributed by atoms with van der Waals surface area (Å²) in [7, 11) is 0. The zero-order valence-electron chi connectivity index (χ0n) is 32.5. The fourth-order valence-corrected chi connectivity index (χ4v) is 8.64. The number of benzene rings is 1. The predicted molar refractivity (Wildman–Crippen MR) is 220 cm³/mol. The van der Waals surface area contributed by atoms with Crippen molar-refractivity contribution < 1.29 is 5.11 Å². The van der Waals surface area contributed by atoms with Crippen LogP contribution in [0, 0.1) is 0 Å². The lowest BCUT2D eigenvalue weighted by atomic mass is 9.84. The van der Waals surface area contributed by atoms with Crippen molar-refractivity contribution >= 4 is 23.5 Å². The maximum atomic E-state index is 11.2. The van der Waals surface area contributed by atoms with E-state index in [-0.39, 0.29) is 5.41 Å². The molecule has 0 heterocycles. The molecule has 47 heavy (non-hydrogen) atoms. The molecule has 0 saturated carbocycles. The van der Waals surface area contributed by atoms with E-state index in [2.05, 4.69) is 58.5 Å². The first-order valence-corrected chi connectivity index (χ1v) is 23.2. The molecule has 0 saturated heterocycles. The van der Waals surface area contributed by atoms with Gasteiger partial charge in [-0.3, -0.25) is 0 Å². The molecule has 0 unspecified atom stereocenters. The van der Waals surface area contributed by atoms with E-state index in [1.165, 1.54) is 197 Å². The van der Waals surface area contributed by atoms with Crippen molar-refractivity contribution in [1.29, 1.82) is 0 Å². The molecule has 0 aromatic heterocycles. The molecule has 0 spiro atoms. The molecule has 3 heteroatoms. The van der Waals surface area contributed by atoms with Crippen LogP contribution >= 0.6 is 23.5 Å². The number of hydrogen-bond donors (Lipinski definition) is 1. The van der Waals surface area contributed by atoms with Gasteiger partial charge in [0.05, 0.1) is 0 Å². The topological polar surface area (TPSA) is 20.2 Å². The molecule has 0 radical (unpaired) electrons. The Morgan fingerprint density at radius 2 is 0.766 bits per heavy atom. The smallest absolute Gasteiger partial charge is 0.123 e. The third kappa shape index (κ3) is 26.2. The van der Waals surface area contributed by atoms with Gasteiger partial charge in [0.2, 0.25) is 0 Å². The largest absolute Gasteiger partial charge is 0.507 e. The molecule has 1 rings (SSSR count). The van der Waals surface area contributed by atoms with Crippen LogP contribution < -0.4 is 0 Å². The van der Waals surface area contributed by atoms with E-state index >= 15 is 0 Å². The minimum Gasteiger partial charge on any atom is -0.507 e. The van der Waals surface area contributed by atoms with E-state index in [1.807, 2.05) is 11.8 Å². The van der Waals surface area contributed by atoms with Crippen LogP contribution in [0.4, 0.5) is 0 Å². The number of unbranched alkanes of at least 4 members (excludes halogenated alkanes) is 26. The van der Waals surface area contributed by atoms with Crippen LogP contribution in [-0.4, -0.2) is 16.6 Å². The van der Waals surface area contributed by atoms with Crippen molar-refractivity contribution in [3.05, 3.63) is 28.8 Å². The fraction of sp³-hybridized carbons (Fsp3) is 0.864. The van der Waals surface area contributed by atoms with Gasteiger partial charge in [0.1, 0.15) is 5.75 Å². The van der Waals surface area contributed by atoms with Crippen molar-refractivity contribution in [2.75, 3.05) is 11.5 Å². The second-order valence-electron chi connectivity index (χ2n) is 15.7. The lowest BCUT2D eigenvalue weighted by molar-refractivity contribution is 0.442. The standard InChI is InChI=1S/C44H82OS2/c1-6-8-10-12-14-16-18-20-22-24-26-28-30-32-34-46-38-40-36-41(43(45)42(37-40)44(3,4)5)39-47-35-33-31-29-27-25-23-21-19-17-15-13-11-9-7-2/h36-37,45H,6-35,38-39H2,1-5H3. The third-order valence-corrected chi connectivity index (χ3v) is 12.1. The summed E-state index contributed by atoms with van der Waals surface area (Å²) in [4.78, 5) is 0. The molecule has 0 atom stereocenters. The average Bonchev–Trinajstić information content (AvgIpc) is 3.04. The quantitative estimate of drug-likeness (QED) is 0.0727. The van der Waals surface area contributed by atoms with Gasteiger partial charge in [0, 0.05) is 17.1 Å². The molecule has 0 fully saturated rings. The number of rotatable bonds is 34. The van der Waals surface area contributed by atoms with Gasteiger partial charge in [-0.2, -0.15) is 23.5 Å². The SMILES string of the molecule is CCCCCCCCCCCCCCCCSCc1cc(CSCCCCCCCCCCCCCCCC)c(O)c(C(C)(C)C)c1. The van der Waals surface area contributed by atoms with E-state index in [1.54, 1.807) is 0 Å².